The van der Waals surface area contributed by atoms with Crippen molar-refractivity contribution in [2.45, 2.75) is 57.7 Å². The molecule has 2 fully saturated rings. The summed E-state index contributed by atoms with van der Waals surface area (Å²) in [5.74, 6) is 1.11. The lowest BCUT2D eigenvalue weighted by Gasteiger charge is -2.30. The standard InChI is InChI=1S/C41H46N8O5/c1-25(2)36(46-40(51)54-4)39(50)48-20-8-12-33(48)37-43-24-32(45-37)28-18-19-30(35(22-28)47(3)29-10-6-5-7-11-29)26-14-16-27(17-15-26)31-23-42-38(44-31)34-13-9-21-49(34)41(52)53/h5-7,10-11,14-19,22-25,33-34,36H,8-9,12-13,20-21H2,1-4H3,(H,42,44)(H,43,45)(H,46,51)(H,52,53)/t33-,34-,36-/m0/s1. The second-order valence-electron chi connectivity index (χ2n) is 14.2. The molecule has 13 heteroatoms. The fourth-order valence-electron chi connectivity index (χ4n) is 7.62. The Morgan fingerprint density at radius 3 is 2.02 bits per heavy atom. The summed E-state index contributed by atoms with van der Waals surface area (Å²) in [5, 5.41) is 12.3. The van der Waals surface area contributed by atoms with Crippen LogP contribution in [0.15, 0.2) is 85.2 Å². The Morgan fingerprint density at radius 1 is 0.833 bits per heavy atom. The van der Waals surface area contributed by atoms with Crippen LogP contribution in [0.2, 0.25) is 0 Å². The topological polar surface area (TPSA) is 160 Å². The van der Waals surface area contributed by atoms with Crippen molar-refractivity contribution < 1.29 is 24.2 Å². The van der Waals surface area contributed by atoms with Gasteiger partial charge in [-0.1, -0.05) is 68.4 Å². The maximum absolute atomic E-state index is 13.7. The van der Waals surface area contributed by atoms with E-state index in [1.807, 2.05) is 43.1 Å². The number of imidazole rings is 2. The van der Waals surface area contributed by atoms with E-state index in [1.165, 1.54) is 12.0 Å². The molecule has 2 aliphatic heterocycles. The van der Waals surface area contributed by atoms with Gasteiger partial charge in [-0.15, -0.1) is 0 Å². The summed E-state index contributed by atoms with van der Waals surface area (Å²) in [4.78, 5) is 59.1. The number of amides is 3. The van der Waals surface area contributed by atoms with E-state index in [9.17, 15) is 19.5 Å². The van der Waals surface area contributed by atoms with Crippen molar-refractivity contribution in [1.29, 1.82) is 0 Å². The predicted octanol–water partition coefficient (Wildman–Crippen LogP) is 7.76. The van der Waals surface area contributed by atoms with Gasteiger partial charge in [0.1, 0.15) is 17.7 Å². The van der Waals surface area contributed by atoms with Gasteiger partial charge in [-0.25, -0.2) is 19.6 Å². The number of nitrogens with zero attached hydrogens (tertiary/aromatic N) is 5. The number of hydrogen-bond acceptors (Lipinski definition) is 7. The van der Waals surface area contributed by atoms with Crippen molar-refractivity contribution in [2.24, 2.45) is 5.92 Å². The number of ether oxygens (including phenoxy) is 1. The third kappa shape index (κ3) is 7.26. The maximum Gasteiger partial charge on any atom is 0.407 e. The van der Waals surface area contributed by atoms with Crippen molar-refractivity contribution in [1.82, 2.24) is 35.1 Å². The number of H-pyrrole nitrogens is 2. The maximum atomic E-state index is 13.7. The molecule has 2 saturated heterocycles. The average molecular weight is 731 g/mol. The molecule has 0 saturated carbocycles. The molecule has 54 heavy (non-hydrogen) atoms. The highest BCUT2D eigenvalue weighted by atomic mass is 16.5. The van der Waals surface area contributed by atoms with Gasteiger partial charge in [0.25, 0.3) is 0 Å². The third-order valence-electron chi connectivity index (χ3n) is 10.6. The Bertz CT molecular complexity index is 2110. The van der Waals surface area contributed by atoms with E-state index in [2.05, 4.69) is 86.8 Å². The number of hydrogen-bond donors (Lipinski definition) is 4. The van der Waals surface area contributed by atoms with Gasteiger partial charge in [-0.3, -0.25) is 9.69 Å². The molecule has 4 N–H and O–H groups in total. The van der Waals surface area contributed by atoms with Crippen LogP contribution < -0.4 is 10.2 Å². The predicted molar refractivity (Wildman–Crippen MR) is 206 cm³/mol. The first-order valence-electron chi connectivity index (χ1n) is 18.4. The number of aromatic amines is 2. The molecular weight excluding hydrogens is 685 g/mol. The van der Waals surface area contributed by atoms with E-state index in [1.54, 1.807) is 6.20 Å². The van der Waals surface area contributed by atoms with Crippen molar-refractivity contribution in [3.63, 3.8) is 0 Å². The lowest BCUT2D eigenvalue weighted by Crippen LogP contribution is -2.51. The number of benzene rings is 3. The highest BCUT2D eigenvalue weighted by Crippen LogP contribution is 2.39. The molecule has 7 rings (SSSR count). The molecule has 0 radical (unpaired) electrons. The first kappa shape index (κ1) is 36.3. The molecule has 0 aliphatic carbocycles. The SMILES string of the molecule is COC(=O)N[C@H](C(=O)N1CCC[C@H]1c1ncc(-c2ccc(-c3ccc(-c4cnc([C@@H]5CCCN5C(=O)O)[nH]4)cc3)c(N(C)c3ccccc3)c2)[nH]1)C(C)C. The minimum Gasteiger partial charge on any atom is -0.465 e. The molecule has 0 bridgehead atoms. The summed E-state index contributed by atoms with van der Waals surface area (Å²) in [6.45, 7) is 4.90. The Balaban J connectivity index is 1.16. The van der Waals surface area contributed by atoms with Gasteiger partial charge in [-0.05, 0) is 60.9 Å². The molecule has 0 spiro atoms. The third-order valence-corrected chi connectivity index (χ3v) is 10.6. The van der Waals surface area contributed by atoms with Crippen molar-refractivity contribution in [3.05, 3.63) is 96.8 Å². The quantitative estimate of drug-likeness (QED) is 0.113. The van der Waals surface area contributed by atoms with Crippen LogP contribution in [0.4, 0.5) is 21.0 Å². The number of rotatable bonds is 10. The highest BCUT2D eigenvalue weighted by Gasteiger charge is 2.37. The van der Waals surface area contributed by atoms with Gasteiger partial charge in [-0.2, -0.15) is 0 Å². The number of aromatic nitrogens is 4. The molecule has 2 aromatic heterocycles. The normalized spacial score (nSPS) is 17.5. The molecule has 2 aliphatic rings. The minimum atomic E-state index is -0.923. The second-order valence-corrected chi connectivity index (χ2v) is 14.2. The zero-order valence-corrected chi connectivity index (χ0v) is 31.0. The van der Waals surface area contributed by atoms with Gasteiger partial charge in [0.2, 0.25) is 5.91 Å². The number of nitrogens with one attached hydrogen (secondary N) is 3. The number of carbonyl (C=O) groups excluding carboxylic acids is 2. The Kier molecular flexibility index (Phi) is 10.4. The van der Waals surface area contributed by atoms with Crippen LogP contribution in [-0.2, 0) is 9.53 Å². The molecule has 0 unspecified atom stereocenters. The van der Waals surface area contributed by atoms with Crippen LogP contribution in [-0.4, -0.2) is 86.2 Å². The lowest BCUT2D eigenvalue weighted by molar-refractivity contribution is -0.135. The minimum absolute atomic E-state index is 0.119. The van der Waals surface area contributed by atoms with Gasteiger partial charge < -0.3 is 34.9 Å². The molecule has 3 amide bonds. The summed E-state index contributed by atoms with van der Waals surface area (Å²) in [7, 11) is 3.34. The van der Waals surface area contributed by atoms with Crippen LogP contribution in [0.5, 0.6) is 0 Å². The van der Waals surface area contributed by atoms with E-state index >= 15 is 0 Å². The molecule has 5 aromatic rings. The molecule has 13 nitrogen and oxygen atoms in total. The molecule has 4 heterocycles. The van der Waals surface area contributed by atoms with Gasteiger partial charge >= 0.3 is 12.2 Å². The van der Waals surface area contributed by atoms with Crippen LogP contribution in [0.25, 0.3) is 33.6 Å². The molecule has 3 atom stereocenters. The molecule has 3 aromatic carbocycles. The summed E-state index contributed by atoms with van der Waals surface area (Å²) in [6.07, 6.45) is 5.20. The average Bonchev–Trinajstić information content (AvgIpc) is 4.03. The number of anilines is 2. The van der Waals surface area contributed by atoms with Gasteiger partial charge in [0, 0.05) is 42.6 Å². The lowest BCUT2D eigenvalue weighted by atomic mass is 9.98. The van der Waals surface area contributed by atoms with E-state index < -0.39 is 18.2 Å². The number of likely N-dealkylation sites (tertiary alicyclic amines) is 2. The van der Waals surface area contributed by atoms with Crippen molar-refractivity contribution >= 4 is 29.5 Å². The largest absolute Gasteiger partial charge is 0.465 e. The van der Waals surface area contributed by atoms with Crippen LogP contribution in [0.1, 0.15) is 63.3 Å². The summed E-state index contributed by atoms with van der Waals surface area (Å²) >= 11 is 0. The molecule has 280 valence electrons. The van der Waals surface area contributed by atoms with Crippen LogP contribution in [0, 0.1) is 5.92 Å². The van der Waals surface area contributed by atoms with Gasteiger partial charge in [0.05, 0.1) is 43.0 Å². The number of para-hydroxylation sites is 1. The van der Waals surface area contributed by atoms with Crippen LogP contribution in [0.3, 0.4) is 0 Å². The Labute approximate surface area is 314 Å². The first-order chi connectivity index (χ1) is 26.1. The van der Waals surface area contributed by atoms with E-state index in [0.29, 0.717) is 24.7 Å². The summed E-state index contributed by atoms with van der Waals surface area (Å²) in [5.41, 5.74) is 7.66. The van der Waals surface area contributed by atoms with E-state index in [4.69, 9.17) is 9.72 Å². The number of methoxy groups -OCH3 is 1. The zero-order chi connectivity index (χ0) is 37.9. The second kappa shape index (κ2) is 15.5. The zero-order valence-electron chi connectivity index (χ0n) is 31.0. The smallest absolute Gasteiger partial charge is 0.407 e. The number of carboxylic acid groups (broad SMARTS) is 1. The highest BCUT2D eigenvalue weighted by molar-refractivity contribution is 5.87. The van der Waals surface area contributed by atoms with Crippen molar-refractivity contribution in [2.75, 3.05) is 32.1 Å². The first-order valence-corrected chi connectivity index (χ1v) is 18.4. The fourth-order valence-corrected chi connectivity index (χ4v) is 7.62. The van der Waals surface area contributed by atoms with Gasteiger partial charge in [0.15, 0.2) is 0 Å². The monoisotopic (exact) mass is 730 g/mol. The van der Waals surface area contributed by atoms with Crippen LogP contribution >= 0.6 is 0 Å². The fraction of sp³-hybridized carbons (Fsp3) is 0.341. The Hall–Kier alpha value is -6.11. The Morgan fingerprint density at radius 2 is 1.41 bits per heavy atom. The van der Waals surface area contributed by atoms with E-state index in [0.717, 1.165) is 70.7 Å². The van der Waals surface area contributed by atoms with Crippen molar-refractivity contribution in [3.8, 4) is 33.6 Å². The summed E-state index contributed by atoms with van der Waals surface area (Å²) in [6, 6.07) is 23.6. The number of carbonyl (C=O) groups is 3. The summed E-state index contributed by atoms with van der Waals surface area (Å²) < 4.78 is 4.79. The van der Waals surface area contributed by atoms with E-state index in [-0.39, 0.29) is 23.9 Å². The molecular formula is C41H46N8O5. The number of alkyl carbamates (subject to hydrolysis) is 1.